The van der Waals surface area contributed by atoms with E-state index < -0.39 is 23.2 Å². The zero-order chi connectivity index (χ0) is 31.3. The Labute approximate surface area is 245 Å². The number of phenolic OH excluding ortho intramolecular Hbond substituents is 1. The number of methoxy groups -OCH3 is 4. The monoisotopic (exact) mass is 592 g/mol. The van der Waals surface area contributed by atoms with Gasteiger partial charge in [0.25, 0.3) is 0 Å². The second kappa shape index (κ2) is 13.1. The third-order valence-electron chi connectivity index (χ3n) is 6.53. The van der Waals surface area contributed by atoms with Gasteiger partial charge in [-0.25, -0.2) is 9.59 Å². The average molecular weight is 593 g/mol. The number of hydrogen-bond donors (Lipinski definition) is 1. The molecule has 0 unspecified atom stereocenters. The molecule has 1 N–H and O–H groups in total. The van der Waals surface area contributed by atoms with Gasteiger partial charge in [-0.05, 0) is 42.5 Å². The van der Waals surface area contributed by atoms with Gasteiger partial charge in [-0.15, -0.1) is 0 Å². The predicted molar refractivity (Wildman–Crippen MR) is 151 cm³/mol. The summed E-state index contributed by atoms with van der Waals surface area (Å²) in [5.41, 5.74) is -0.211. The molecule has 0 bridgehead atoms. The molecule has 3 aromatic rings. The molecule has 43 heavy (non-hydrogen) atoms. The number of aromatic hydroxyl groups is 1. The van der Waals surface area contributed by atoms with Crippen molar-refractivity contribution in [1.82, 2.24) is 0 Å². The molecule has 1 aliphatic carbocycles. The molecule has 0 saturated carbocycles. The maximum Gasteiger partial charge on any atom is 0.374 e. The van der Waals surface area contributed by atoms with Gasteiger partial charge in [0.05, 0.1) is 34.0 Å². The number of carbonyl (C=O) groups is 3. The minimum Gasteiger partial charge on any atom is -0.504 e. The molecule has 0 amide bonds. The number of rotatable bonds is 10. The van der Waals surface area contributed by atoms with Crippen LogP contribution in [0.1, 0.15) is 55.7 Å². The van der Waals surface area contributed by atoms with E-state index in [0.717, 1.165) is 13.2 Å². The van der Waals surface area contributed by atoms with Gasteiger partial charge in [-0.3, -0.25) is 9.59 Å². The van der Waals surface area contributed by atoms with Crippen LogP contribution >= 0.6 is 0 Å². The number of benzene rings is 2. The van der Waals surface area contributed by atoms with E-state index in [4.69, 9.17) is 28.1 Å². The first kappa shape index (κ1) is 30.7. The predicted octanol–water partition coefficient (Wildman–Crippen LogP) is 3.57. The molecular formula is C31H28O12. The molecule has 0 aliphatic heterocycles. The molecule has 1 heterocycles. The number of fused-ring (bicyclic) bond motifs is 2. The Hall–Kier alpha value is -5.28. The van der Waals surface area contributed by atoms with Crippen LogP contribution in [0.4, 0.5) is 0 Å². The molecule has 0 atom stereocenters. The number of esters is 1. The maximum absolute atomic E-state index is 12.9. The summed E-state index contributed by atoms with van der Waals surface area (Å²) in [5.74, 6) is 3.48. The van der Waals surface area contributed by atoms with Gasteiger partial charge in [-0.2, -0.15) is 0 Å². The van der Waals surface area contributed by atoms with Crippen LogP contribution in [0, 0.1) is 11.8 Å². The summed E-state index contributed by atoms with van der Waals surface area (Å²) in [5, 5.41) is 11.1. The van der Waals surface area contributed by atoms with Crippen LogP contribution in [0.3, 0.4) is 0 Å². The number of carbonyl (C=O) groups excluding carboxylic acids is 3. The van der Waals surface area contributed by atoms with Crippen LogP contribution < -0.4 is 19.8 Å². The fourth-order valence-corrected chi connectivity index (χ4v) is 4.53. The summed E-state index contributed by atoms with van der Waals surface area (Å²) in [6.45, 7) is 2.02. The van der Waals surface area contributed by atoms with E-state index in [0.29, 0.717) is 17.6 Å². The van der Waals surface area contributed by atoms with Gasteiger partial charge >= 0.3 is 11.6 Å². The van der Waals surface area contributed by atoms with Crippen LogP contribution in [0.2, 0.25) is 0 Å². The molecule has 2 aromatic carbocycles. The highest BCUT2D eigenvalue weighted by Gasteiger charge is 2.33. The summed E-state index contributed by atoms with van der Waals surface area (Å²) >= 11 is 0. The maximum atomic E-state index is 12.9. The number of aryl methyl sites for hydroxylation is 1. The van der Waals surface area contributed by atoms with E-state index in [1.165, 1.54) is 39.5 Å². The summed E-state index contributed by atoms with van der Waals surface area (Å²) in [6, 6.07) is 4.25. The number of allylic oxidation sites excluding steroid dienone is 2. The Kier molecular flexibility index (Phi) is 9.37. The highest BCUT2D eigenvalue weighted by molar-refractivity contribution is 6.25. The largest absolute Gasteiger partial charge is 0.504 e. The van der Waals surface area contributed by atoms with E-state index in [1.807, 2.05) is 0 Å². The minimum absolute atomic E-state index is 0.0264. The van der Waals surface area contributed by atoms with E-state index >= 15 is 0 Å². The lowest BCUT2D eigenvalue weighted by Crippen LogP contribution is -2.20. The molecule has 0 fully saturated rings. The Balaban J connectivity index is 1.74. The van der Waals surface area contributed by atoms with E-state index in [9.17, 15) is 24.3 Å². The van der Waals surface area contributed by atoms with Gasteiger partial charge in [0.2, 0.25) is 11.5 Å². The average Bonchev–Trinajstić information content (AvgIpc) is 3.00. The van der Waals surface area contributed by atoms with Gasteiger partial charge in [-0.1, -0.05) is 11.8 Å². The molecule has 224 valence electrons. The number of phenols is 1. The van der Waals surface area contributed by atoms with Gasteiger partial charge in [0.15, 0.2) is 29.8 Å². The standard InChI is InChI=1S/C31H28O12/c1-6-41-15-42-21-13-19-25(20(32)14-22(37-2)27(19)34)28(38-3)18(21)10-8-7-9-16-11-17-12-23(30(35)40-5)43-31(36)24(17)29(39-4)26(16)33/h11-14,33H,6-7,9,15H2,1-5H3. The third-order valence-corrected chi connectivity index (χ3v) is 6.53. The fraction of sp³-hybridized carbons (Fsp3) is 0.290. The van der Waals surface area contributed by atoms with Crippen molar-refractivity contribution >= 4 is 28.3 Å². The fourth-order valence-electron chi connectivity index (χ4n) is 4.53. The lowest BCUT2D eigenvalue weighted by molar-refractivity contribution is 0.0220. The molecule has 0 radical (unpaired) electrons. The molecule has 0 spiro atoms. The van der Waals surface area contributed by atoms with E-state index in [2.05, 4.69) is 16.6 Å². The number of ketones is 2. The third kappa shape index (κ3) is 5.89. The van der Waals surface area contributed by atoms with Crippen molar-refractivity contribution in [1.29, 1.82) is 0 Å². The lowest BCUT2D eigenvalue weighted by atomic mass is 9.90. The first-order valence-corrected chi connectivity index (χ1v) is 12.9. The molecule has 1 aliphatic rings. The quantitative estimate of drug-likeness (QED) is 0.158. The van der Waals surface area contributed by atoms with Gasteiger partial charge < -0.3 is 37.9 Å². The molecule has 4 rings (SSSR count). The van der Waals surface area contributed by atoms with Crippen molar-refractivity contribution in [3.63, 3.8) is 0 Å². The zero-order valence-electron chi connectivity index (χ0n) is 24.1. The highest BCUT2D eigenvalue weighted by atomic mass is 16.7. The van der Waals surface area contributed by atoms with E-state index in [-0.39, 0.29) is 76.2 Å². The van der Waals surface area contributed by atoms with Crippen molar-refractivity contribution in [3.8, 4) is 34.8 Å². The van der Waals surface area contributed by atoms with Crippen molar-refractivity contribution in [3.05, 3.63) is 68.5 Å². The van der Waals surface area contributed by atoms with Crippen LogP contribution in [-0.2, 0) is 20.6 Å². The smallest absolute Gasteiger partial charge is 0.374 e. The number of Topliss-reactive ketones (excluding diaryl/α,β-unsaturated/α-hetero) is 1. The summed E-state index contributed by atoms with van der Waals surface area (Å²) < 4.78 is 36.6. The zero-order valence-corrected chi connectivity index (χ0v) is 24.1. The SMILES string of the molecule is CCOCOc1cc2c(c(OC)c1C#CCCc1cc3cc(C(=O)OC)oc(=O)c3c(OC)c1O)C(=O)C=C(OC)C2=O. The molecule has 0 saturated heterocycles. The van der Waals surface area contributed by atoms with Crippen molar-refractivity contribution < 1.29 is 52.3 Å². The van der Waals surface area contributed by atoms with E-state index in [1.54, 1.807) is 6.92 Å². The van der Waals surface area contributed by atoms with Crippen molar-refractivity contribution in [2.24, 2.45) is 0 Å². The molecular weight excluding hydrogens is 564 g/mol. The van der Waals surface area contributed by atoms with Crippen LogP contribution in [0.15, 0.2) is 39.2 Å². The Morgan fingerprint density at radius 2 is 1.74 bits per heavy atom. The summed E-state index contributed by atoms with van der Waals surface area (Å²) in [6.07, 6.45) is 1.46. The Morgan fingerprint density at radius 1 is 1.00 bits per heavy atom. The molecule has 1 aromatic heterocycles. The van der Waals surface area contributed by atoms with Gasteiger partial charge in [0, 0.05) is 24.7 Å². The summed E-state index contributed by atoms with van der Waals surface area (Å²) in [4.78, 5) is 50.4. The van der Waals surface area contributed by atoms with Gasteiger partial charge in [0.1, 0.15) is 22.4 Å². The Bertz CT molecular complexity index is 1770. The normalized spacial score (nSPS) is 12.2. The first-order valence-electron chi connectivity index (χ1n) is 12.9. The topological polar surface area (TPSA) is 157 Å². The number of hydrogen-bond acceptors (Lipinski definition) is 12. The van der Waals surface area contributed by atoms with Crippen LogP contribution in [-0.4, -0.2) is 64.5 Å². The second-order valence-electron chi connectivity index (χ2n) is 8.94. The van der Waals surface area contributed by atoms with Crippen molar-refractivity contribution in [2.75, 3.05) is 41.8 Å². The minimum atomic E-state index is -0.879. The Morgan fingerprint density at radius 3 is 2.40 bits per heavy atom. The molecule has 12 heteroatoms. The van der Waals surface area contributed by atoms with Crippen LogP contribution in [0.5, 0.6) is 23.0 Å². The highest BCUT2D eigenvalue weighted by Crippen LogP contribution is 2.39. The first-order chi connectivity index (χ1) is 20.7. The van der Waals surface area contributed by atoms with Crippen molar-refractivity contribution in [2.45, 2.75) is 19.8 Å². The lowest BCUT2D eigenvalue weighted by Gasteiger charge is -2.20. The second-order valence-corrected chi connectivity index (χ2v) is 8.94. The number of ether oxygens (including phenoxy) is 6. The van der Waals surface area contributed by atoms with Crippen LogP contribution in [0.25, 0.3) is 10.8 Å². The summed E-state index contributed by atoms with van der Waals surface area (Å²) in [7, 11) is 5.08. The molecule has 12 nitrogen and oxygen atoms in total.